The van der Waals surface area contributed by atoms with Crippen LogP contribution in [0, 0.1) is 12.7 Å². The number of nitrogens with zero attached hydrogens (tertiary/aromatic N) is 1. The van der Waals surface area contributed by atoms with Gasteiger partial charge in [-0.1, -0.05) is 48.0 Å². The first-order valence-corrected chi connectivity index (χ1v) is 12.5. The summed E-state index contributed by atoms with van der Waals surface area (Å²) < 4.78 is 26.5. The van der Waals surface area contributed by atoms with Gasteiger partial charge in [-0.05, 0) is 74.0 Å². The van der Waals surface area contributed by atoms with E-state index in [1.807, 2.05) is 44.2 Å². The summed E-state index contributed by atoms with van der Waals surface area (Å²) in [6, 6.07) is 17.3. The maximum Gasteiger partial charge on any atom is 0.270 e. The van der Waals surface area contributed by atoms with E-state index in [0.717, 1.165) is 21.6 Å². The lowest BCUT2D eigenvalue weighted by molar-refractivity contribution is -0.122. The molecule has 0 bridgehead atoms. The number of nitrogens with one attached hydrogen (secondary N) is 1. The maximum atomic E-state index is 14.5. The molecule has 0 radical (unpaired) electrons. The highest BCUT2D eigenvalue weighted by Crippen LogP contribution is 2.36. The Labute approximate surface area is 226 Å². The Hall–Kier alpha value is -4.30. The van der Waals surface area contributed by atoms with Gasteiger partial charge in [-0.2, -0.15) is 0 Å². The van der Waals surface area contributed by atoms with Gasteiger partial charge in [0, 0.05) is 5.56 Å². The third-order valence-corrected chi connectivity index (χ3v) is 6.11. The number of anilines is 1. The smallest absolute Gasteiger partial charge is 0.270 e. The molecule has 2 amide bonds. The van der Waals surface area contributed by atoms with Crippen LogP contribution < -0.4 is 19.7 Å². The van der Waals surface area contributed by atoms with E-state index >= 15 is 0 Å². The fourth-order valence-electron chi connectivity index (χ4n) is 4.02. The minimum absolute atomic E-state index is 0.0457. The summed E-state index contributed by atoms with van der Waals surface area (Å²) in [6.07, 6.45) is 3.63. The molecule has 0 aliphatic carbocycles. The van der Waals surface area contributed by atoms with E-state index in [-0.39, 0.29) is 16.4 Å². The molecular formula is C30H27FN2O4S. The number of allylic oxidation sites excluding steroid dienone is 1. The first-order valence-electron chi connectivity index (χ1n) is 12.1. The minimum atomic E-state index is -0.730. The molecule has 0 atom stereocenters. The summed E-state index contributed by atoms with van der Waals surface area (Å²) in [5.74, 6) is -1.01. The number of amides is 2. The number of para-hydroxylation sites is 1. The number of thiocarbonyl (C=S) groups is 1. The van der Waals surface area contributed by atoms with Crippen molar-refractivity contribution in [3.63, 3.8) is 0 Å². The summed E-state index contributed by atoms with van der Waals surface area (Å²) >= 11 is 5.18. The zero-order chi connectivity index (χ0) is 27.2. The molecule has 1 aliphatic heterocycles. The Bertz CT molecular complexity index is 1430. The molecule has 1 fully saturated rings. The second-order valence-electron chi connectivity index (χ2n) is 8.62. The van der Waals surface area contributed by atoms with Gasteiger partial charge < -0.3 is 9.47 Å². The molecular weight excluding hydrogens is 503 g/mol. The predicted molar refractivity (Wildman–Crippen MR) is 150 cm³/mol. The second kappa shape index (κ2) is 11.8. The number of halogens is 1. The van der Waals surface area contributed by atoms with Crippen LogP contribution in [0.5, 0.6) is 11.5 Å². The first kappa shape index (κ1) is 26.8. The third-order valence-electron chi connectivity index (χ3n) is 5.83. The van der Waals surface area contributed by atoms with Crippen LogP contribution in [-0.2, 0) is 22.6 Å². The molecule has 1 aliphatic rings. The molecule has 4 rings (SSSR count). The molecule has 8 heteroatoms. The molecule has 38 heavy (non-hydrogen) atoms. The number of carbonyl (C=O) groups is 2. The summed E-state index contributed by atoms with van der Waals surface area (Å²) in [5.41, 5.74) is 3.23. The maximum absolute atomic E-state index is 14.5. The number of benzene rings is 3. The van der Waals surface area contributed by atoms with Gasteiger partial charge in [-0.25, -0.2) is 9.29 Å². The first-order chi connectivity index (χ1) is 18.3. The van der Waals surface area contributed by atoms with Crippen molar-refractivity contribution in [1.29, 1.82) is 0 Å². The Morgan fingerprint density at radius 3 is 2.50 bits per heavy atom. The van der Waals surface area contributed by atoms with Crippen LogP contribution >= 0.6 is 12.2 Å². The topological polar surface area (TPSA) is 67.9 Å². The van der Waals surface area contributed by atoms with Gasteiger partial charge in [-0.3, -0.25) is 14.9 Å². The molecule has 0 aromatic heterocycles. The van der Waals surface area contributed by atoms with Crippen LogP contribution in [0.2, 0.25) is 0 Å². The summed E-state index contributed by atoms with van der Waals surface area (Å²) in [4.78, 5) is 27.1. The van der Waals surface area contributed by atoms with Gasteiger partial charge in [0.2, 0.25) is 0 Å². The number of rotatable bonds is 9. The summed E-state index contributed by atoms with van der Waals surface area (Å²) in [5, 5.41) is 2.29. The third kappa shape index (κ3) is 5.81. The van der Waals surface area contributed by atoms with Gasteiger partial charge in [0.1, 0.15) is 18.0 Å². The number of hydrogen-bond acceptors (Lipinski definition) is 5. The van der Waals surface area contributed by atoms with Crippen LogP contribution in [0.3, 0.4) is 0 Å². The SMILES string of the molecule is C=CCc1cc(/C=C2\C(=O)NC(=S)N(c3ccccc3F)C2=O)cc(OCC)c1OCc1ccc(C)cc1. The van der Waals surface area contributed by atoms with E-state index in [2.05, 4.69) is 11.9 Å². The summed E-state index contributed by atoms with van der Waals surface area (Å²) in [7, 11) is 0. The summed E-state index contributed by atoms with van der Waals surface area (Å²) in [6.45, 7) is 8.43. The highest BCUT2D eigenvalue weighted by atomic mass is 32.1. The number of carbonyl (C=O) groups excluding carboxylic acids is 2. The van der Waals surface area contributed by atoms with E-state index in [1.165, 1.54) is 24.3 Å². The van der Waals surface area contributed by atoms with Gasteiger partial charge in [0.15, 0.2) is 16.6 Å². The van der Waals surface area contributed by atoms with Crippen molar-refractivity contribution in [3.05, 3.63) is 107 Å². The van der Waals surface area contributed by atoms with Gasteiger partial charge in [-0.15, -0.1) is 6.58 Å². The molecule has 1 saturated heterocycles. The molecule has 6 nitrogen and oxygen atoms in total. The van der Waals surface area contributed by atoms with E-state index in [0.29, 0.717) is 36.7 Å². The predicted octanol–water partition coefficient (Wildman–Crippen LogP) is 5.67. The Morgan fingerprint density at radius 2 is 1.82 bits per heavy atom. The lowest BCUT2D eigenvalue weighted by Gasteiger charge is -2.29. The van der Waals surface area contributed by atoms with Crippen LogP contribution in [0.4, 0.5) is 10.1 Å². The van der Waals surface area contributed by atoms with Crippen LogP contribution in [-0.4, -0.2) is 23.5 Å². The zero-order valence-corrected chi connectivity index (χ0v) is 21.9. The average molecular weight is 531 g/mol. The highest BCUT2D eigenvalue weighted by Gasteiger charge is 2.35. The molecule has 0 spiro atoms. The van der Waals surface area contributed by atoms with Crippen molar-refractivity contribution in [2.75, 3.05) is 11.5 Å². The van der Waals surface area contributed by atoms with Crippen LogP contribution in [0.25, 0.3) is 6.08 Å². The Balaban J connectivity index is 1.72. The fraction of sp³-hybridized carbons (Fsp3) is 0.167. The van der Waals surface area contributed by atoms with Crippen molar-refractivity contribution in [3.8, 4) is 11.5 Å². The van der Waals surface area contributed by atoms with E-state index in [9.17, 15) is 14.0 Å². The largest absolute Gasteiger partial charge is 0.490 e. The molecule has 3 aromatic rings. The van der Waals surface area contributed by atoms with Crippen LogP contribution in [0.15, 0.2) is 78.9 Å². The van der Waals surface area contributed by atoms with E-state index in [4.69, 9.17) is 21.7 Å². The average Bonchev–Trinajstić information content (AvgIpc) is 2.88. The van der Waals surface area contributed by atoms with Crippen molar-refractivity contribution in [2.45, 2.75) is 26.9 Å². The number of aryl methyl sites for hydroxylation is 1. The molecule has 1 heterocycles. The van der Waals surface area contributed by atoms with Gasteiger partial charge in [0.05, 0.1) is 12.3 Å². The van der Waals surface area contributed by atoms with Gasteiger partial charge >= 0.3 is 0 Å². The molecule has 3 aromatic carbocycles. The number of hydrogen-bond donors (Lipinski definition) is 1. The van der Waals surface area contributed by atoms with Crippen molar-refractivity contribution >= 4 is 40.9 Å². The van der Waals surface area contributed by atoms with E-state index < -0.39 is 17.6 Å². The van der Waals surface area contributed by atoms with Crippen molar-refractivity contribution in [1.82, 2.24) is 5.32 Å². The van der Waals surface area contributed by atoms with E-state index in [1.54, 1.807) is 18.2 Å². The molecule has 0 saturated carbocycles. The molecule has 194 valence electrons. The Kier molecular flexibility index (Phi) is 8.33. The standard InChI is InChI=1S/C30H27FN2O4S/c1-4-8-22-15-21(17-26(36-5-2)27(22)37-18-20-13-11-19(3)12-14-20)16-23-28(34)32-30(38)33(29(23)35)25-10-7-6-9-24(25)31/h4,6-7,9-17H,1,5,8,18H2,2-3H3,(H,32,34,38)/b23-16+. The molecule has 1 N–H and O–H groups in total. The fourth-order valence-corrected chi connectivity index (χ4v) is 4.29. The Morgan fingerprint density at radius 1 is 1.08 bits per heavy atom. The quantitative estimate of drug-likeness (QED) is 0.167. The lowest BCUT2D eigenvalue weighted by Crippen LogP contribution is -2.54. The van der Waals surface area contributed by atoms with Crippen molar-refractivity contribution < 1.29 is 23.5 Å². The van der Waals surface area contributed by atoms with Crippen molar-refractivity contribution in [2.24, 2.45) is 0 Å². The number of ether oxygens (including phenoxy) is 2. The minimum Gasteiger partial charge on any atom is -0.490 e. The van der Waals surface area contributed by atoms with Gasteiger partial charge in [0.25, 0.3) is 11.8 Å². The molecule has 0 unspecified atom stereocenters. The second-order valence-corrected chi connectivity index (χ2v) is 9.00. The normalized spacial score (nSPS) is 14.4. The zero-order valence-electron chi connectivity index (χ0n) is 21.1. The monoisotopic (exact) mass is 530 g/mol. The lowest BCUT2D eigenvalue weighted by atomic mass is 10.0. The van der Waals surface area contributed by atoms with Crippen LogP contribution in [0.1, 0.15) is 29.2 Å². The highest BCUT2D eigenvalue weighted by molar-refractivity contribution is 7.80.